The number of hydrogen-bond acceptors (Lipinski definition) is 3. The standard InChI is InChI=1S/C13H16N2OS/c1-7-8(6-14)12(17)15-9-4-13(2,3)5-10(16)11(7)9/h7-8H,4-5H2,1-3H3,(H,15,17). The Morgan fingerprint density at radius 1 is 1.47 bits per heavy atom. The molecule has 0 bridgehead atoms. The molecule has 0 aromatic rings. The van der Waals surface area contributed by atoms with Crippen LogP contribution in [0.25, 0.3) is 0 Å². The Morgan fingerprint density at radius 2 is 2.12 bits per heavy atom. The van der Waals surface area contributed by atoms with Gasteiger partial charge in [0.25, 0.3) is 0 Å². The summed E-state index contributed by atoms with van der Waals surface area (Å²) in [6, 6.07) is 2.19. The number of nitrogens with one attached hydrogen (secondary N) is 1. The van der Waals surface area contributed by atoms with Gasteiger partial charge in [-0.1, -0.05) is 33.0 Å². The summed E-state index contributed by atoms with van der Waals surface area (Å²) in [6.45, 7) is 6.09. The first-order valence-electron chi connectivity index (χ1n) is 5.82. The molecule has 17 heavy (non-hydrogen) atoms. The Kier molecular flexibility index (Phi) is 2.82. The molecule has 1 heterocycles. The summed E-state index contributed by atoms with van der Waals surface area (Å²) in [5, 5.41) is 12.2. The van der Waals surface area contributed by atoms with Crippen molar-refractivity contribution >= 4 is 23.0 Å². The molecule has 2 unspecified atom stereocenters. The normalized spacial score (nSPS) is 31.6. The molecule has 3 nitrogen and oxygen atoms in total. The van der Waals surface area contributed by atoms with Crippen molar-refractivity contribution in [2.45, 2.75) is 33.6 Å². The summed E-state index contributed by atoms with van der Waals surface area (Å²) in [5.41, 5.74) is 1.72. The van der Waals surface area contributed by atoms with E-state index in [2.05, 4.69) is 25.2 Å². The van der Waals surface area contributed by atoms with Gasteiger partial charge < -0.3 is 5.32 Å². The van der Waals surface area contributed by atoms with Crippen LogP contribution in [-0.2, 0) is 4.79 Å². The zero-order valence-electron chi connectivity index (χ0n) is 10.3. The van der Waals surface area contributed by atoms with Crippen LogP contribution >= 0.6 is 12.2 Å². The minimum absolute atomic E-state index is 0.0161. The fourth-order valence-corrected chi connectivity index (χ4v) is 3.15. The number of ketones is 1. The minimum Gasteiger partial charge on any atom is -0.352 e. The van der Waals surface area contributed by atoms with E-state index in [1.165, 1.54) is 0 Å². The topological polar surface area (TPSA) is 52.9 Å². The molecule has 0 spiro atoms. The van der Waals surface area contributed by atoms with Gasteiger partial charge >= 0.3 is 0 Å². The molecule has 1 N–H and O–H groups in total. The van der Waals surface area contributed by atoms with Crippen molar-refractivity contribution < 1.29 is 4.79 Å². The number of rotatable bonds is 0. The van der Waals surface area contributed by atoms with Crippen molar-refractivity contribution in [3.8, 4) is 6.07 Å². The first-order chi connectivity index (χ1) is 7.85. The molecular weight excluding hydrogens is 232 g/mol. The van der Waals surface area contributed by atoms with E-state index in [1.54, 1.807) is 0 Å². The SMILES string of the molecule is CC1C2=C(CC(C)(C)CC2=O)NC(=S)C1C#N. The van der Waals surface area contributed by atoms with Gasteiger partial charge in [0.1, 0.15) is 5.92 Å². The van der Waals surface area contributed by atoms with E-state index in [4.69, 9.17) is 17.5 Å². The molecule has 0 fully saturated rings. The maximum absolute atomic E-state index is 12.2. The summed E-state index contributed by atoms with van der Waals surface area (Å²) in [6.07, 6.45) is 1.39. The van der Waals surface area contributed by atoms with E-state index in [-0.39, 0.29) is 23.0 Å². The molecule has 0 radical (unpaired) electrons. The third-order valence-corrected chi connectivity index (χ3v) is 3.93. The van der Waals surface area contributed by atoms with Crippen molar-refractivity contribution in [3.63, 3.8) is 0 Å². The quantitative estimate of drug-likeness (QED) is 0.668. The molecule has 0 aromatic heterocycles. The Bertz CT molecular complexity index is 470. The molecule has 1 aliphatic heterocycles. The van der Waals surface area contributed by atoms with Gasteiger partial charge in [0.15, 0.2) is 5.78 Å². The molecule has 0 saturated heterocycles. The Morgan fingerprint density at radius 3 is 2.71 bits per heavy atom. The van der Waals surface area contributed by atoms with Crippen molar-refractivity contribution in [1.82, 2.24) is 5.32 Å². The average molecular weight is 248 g/mol. The molecule has 0 saturated carbocycles. The Hall–Kier alpha value is -1.21. The van der Waals surface area contributed by atoms with Gasteiger partial charge in [-0.15, -0.1) is 0 Å². The van der Waals surface area contributed by atoms with Crippen LogP contribution in [0, 0.1) is 28.6 Å². The van der Waals surface area contributed by atoms with Crippen LogP contribution < -0.4 is 5.32 Å². The van der Waals surface area contributed by atoms with E-state index in [9.17, 15) is 4.79 Å². The molecule has 1 aliphatic carbocycles. The van der Waals surface area contributed by atoms with Gasteiger partial charge in [0.05, 0.1) is 11.1 Å². The van der Waals surface area contributed by atoms with Crippen LogP contribution in [0.15, 0.2) is 11.3 Å². The third kappa shape index (κ3) is 2.00. The zero-order chi connectivity index (χ0) is 12.8. The Balaban J connectivity index is 2.45. The minimum atomic E-state index is -0.367. The molecule has 2 aliphatic rings. The maximum Gasteiger partial charge on any atom is 0.161 e. The zero-order valence-corrected chi connectivity index (χ0v) is 11.1. The van der Waals surface area contributed by atoms with Gasteiger partial charge in [-0.2, -0.15) is 5.26 Å². The van der Waals surface area contributed by atoms with E-state index in [0.29, 0.717) is 11.4 Å². The van der Waals surface area contributed by atoms with Crippen molar-refractivity contribution in [3.05, 3.63) is 11.3 Å². The summed E-state index contributed by atoms with van der Waals surface area (Å²) in [7, 11) is 0. The molecule has 0 amide bonds. The largest absolute Gasteiger partial charge is 0.352 e. The fraction of sp³-hybridized carbons (Fsp3) is 0.615. The van der Waals surface area contributed by atoms with Crippen molar-refractivity contribution in [2.75, 3.05) is 0 Å². The first kappa shape index (κ1) is 12.3. The van der Waals surface area contributed by atoms with Crippen molar-refractivity contribution in [2.24, 2.45) is 17.3 Å². The lowest BCUT2D eigenvalue weighted by Crippen LogP contribution is -2.44. The number of thiocarbonyl (C=S) groups is 1. The summed E-state index contributed by atoms with van der Waals surface area (Å²) in [4.78, 5) is 12.7. The second kappa shape index (κ2) is 3.92. The number of allylic oxidation sites excluding steroid dienone is 2. The fourth-order valence-electron chi connectivity index (χ4n) is 2.77. The lowest BCUT2D eigenvalue weighted by molar-refractivity contribution is -0.118. The monoisotopic (exact) mass is 248 g/mol. The van der Waals surface area contributed by atoms with E-state index in [0.717, 1.165) is 17.7 Å². The number of Topliss-reactive ketones (excluding diaryl/α,β-unsaturated/α-hetero) is 1. The number of hydrogen-bond donors (Lipinski definition) is 1. The second-order valence-electron chi connectivity index (χ2n) is 5.72. The van der Waals surface area contributed by atoms with Gasteiger partial charge in [-0.25, -0.2) is 0 Å². The first-order valence-corrected chi connectivity index (χ1v) is 6.23. The average Bonchev–Trinajstić information content (AvgIpc) is 2.14. The number of carbonyl (C=O) groups is 1. The van der Waals surface area contributed by atoms with Crippen LogP contribution in [0.4, 0.5) is 0 Å². The van der Waals surface area contributed by atoms with Gasteiger partial charge in [0, 0.05) is 23.6 Å². The second-order valence-corrected chi connectivity index (χ2v) is 6.16. The third-order valence-electron chi connectivity index (χ3n) is 3.57. The molecule has 0 aromatic carbocycles. The van der Waals surface area contributed by atoms with Gasteiger partial charge in [-0.05, 0) is 11.8 Å². The van der Waals surface area contributed by atoms with Crippen LogP contribution in [0.2, 0.25) is 0 Å². The predicted molar refractivity (Wildman–Crippen MR) is 69.0 cm³/mol. The predicted octanol–water partition coefficient (Wildman–Crippen LogP) is 2.34. The number of nitrogens with zero attached hydrogens (tertiary/aromatic N) is 1. The van der Waals surface area contributed by atoms with Crippen LogP contribution in [0.3, 0.4) is 0 Å². The van der Waals surface area contributed by atoms with Crippen LogP contribution in [0.1, 0.15) is 33.6 Å². The lowest BCUT2D eigenvalue weighted by Gasteiger charge is -2.39. The summed E-state index contributed by atoms with van der Waals surface area (Å²) >= 11 is 5.21. The molecule has 4 heteroatoms. The highest BCUT2D eigenvalue weighted by Gasteiger charge is 2.41. The molecule has 2 atom stereocenters. The van der Waals surface area contributed by atoms with Crippen LogP contribution in [0.5, 0.6) is 0 Å². The van der Waals surface area contributed by atoms with E-state index >= 15 is 0 Å². The maximum atomic E-state index is 12.2. The summed E-state index contributed by atoms with van der Waals surface area (Å²) < 4.78 is 0. The van der Waals surface area contributed by atoms with E-state index in [1.807, 2.05) is 6.92 Å². The number of nitriles is 1. The smallest absolute Gasteiger partial charge is 0.161 e. The van der Waals surface area contributed by atoms with E-state index < -0.39 is 0 Å². The molecule has 2 rings (SSSR count). The molecular formula is C13H16N2OS. The lowest BCUT2D eigenvalue weighted by atomic mass is 9.69. The highest BCUT2D eigenvalue weighted by Crippen LogP contribution is 2.41. The van der Waals surface area contributed by atoms with Gasteiger partial charge in [-0.3, -0.25) is 4.79 Å². The Labute approximate surface area is 107 Å². The van der Waals surface area contributed by atoms with Crippen LogP contribution in [-0.4, -0.2) is 10.8 Å². The van der Waals surface area contributed by atoms with Crippen molar-refractivity contribution in [1.29, 1.82) is 5.26 Å². The molecule has 90 valence electrons. The number of carbonyl (C=O) groups excluding carboxylic acids is 1. The summed E-state index contributed by atoms with van der Waals surface area (Å²) in [5.74, 6) is -0.278. The highest BCUT2D eigenvalue weighted by molar-refractivity contribution is 7.80. The van der Waals surface area contributed by atoms with Gasteiger partial charge in [0.2, 0.25) is 0 Å². The highest BCUT2D eigenvalue weighted by atomic mass is 32.1.